The monoisotopic (exact) mass is 518 g/mol. The molecule has 0 amide bonds. The van der Waals surface area contributed by atoms with E-state index in [-0.39, 0.29) is 22.4 Å². The Hall–Kier alpha value is -2.68. The minimum absolute atomic E-state index is 0.0955. The molecule has 2 unspecified atom stereocenters. The van der Waals surface area contributed by atoms with Crippen LogP contribution in [0.5, 0.6) is 5.75 Å². The second kappa shape index (κ2) is 11.6. The van der Waals surface area contributed by atoms with Crippen LogP contribution in [0, 0.1) is 17.7 Å². The first-order chi connectivity index (χ1) is 17.3. The lowest BCUT2D eigenvalue weighted by atomic mass is 9.81. The third-order valence-corrected chi connectivity index (χ3v) is 9.05. The van der Waals surface area contributed by atoms with Crippen LogP contribution < -0.4 is 9.46 Å². The largest absolute Gasteiger partial charge is 0.495 e. The van der Waals surface area contributed by atoms with Crippen molar-refractivity contribution in [1.82, 2.24) is 4.98 Å². The Bertz CT molecular complexity index is 1180. The molecule has 2 saturated carbocycles. The number of methoxy groups -OCH3 is 1. The molecule has 2 aliphatic rings. The highest BCUT2D eigenvalue weighted by molar-refractivity contribution is 7.92. The predicted molar refractivity (Wildman–Crippen MR) is 135 cm³/mol. The lowest BCUT2D eigenvalue weighted by Gasteiger charge is -2.25. The third-order valence-electron chi connectivity index (χ3n) is 7.78. The Morgan fingerprint density at radius 1 is 1.00 bits per heavy atom. The predicted octanol–water partition coefficient (Wildman–Crippen LogP) is 6.36. The minimum Gasteiger partial charge on any atom is -0.495 e. The molecular weight excluding hydrogens is 483 g/mol. The molecule has 2 aliphatic carbocycles. The highest BCUT2D eigenvalue weighted by atomic mass is 32.2. The fraction of sp³-hybridized carbons (Fsp3) is 0.556. The van der Waals surface area contributed by atoms with E-state index in [0.717, 1.165) is 55.3 Å². The second-order valence-electron chi connectivity index (χ2n) is 10.1. The maximum atomic E-state index is 14.2. The Morgan fingerprint density at radius 3 is 2.39 bits per heavy atom. The highest BCUT2D eigenvalue weighted by Gasteiger charge is 2.28. The Balaban J connectivity index is 1.50. The summed E-state index contributed by atoms with van der Waals surface area (Å²) in [7, 11) is -2.90. The van der Waals surface area contributed by atoms with Crippen LogP contribution in [0.4, 0.5) is 10.1 Å². The topological polar surface area (TPSA) is 106 Å². The van der Waals surface area contributed by atoms with Gasteiger partial charge in [0.1, 0.15) is 11.6 Å². The molecule has 2 aromatic rings. The molecule has 0 aliphatic heterocycles. The lowest BCUT2D eigenvalue weighted by molar-refractivity contribution is 0.0691. The summed E-state index contributed by atoms with van der Waals surface area (Å²) in [4.78, 5) is 15.7. The summed E-state index contributed by atoms with van der Waals surface area (Å²) in [5.74, 6) is -0.862. The maximum absolute atomic E-state index is 14.2. The summed E-state index contributed by atoms with van der Waals surface area (Å²) in [5.41, 5.74) is -0.0305. The number of aromatic carboxylic acids is 1. The van der Waals surface area contributed by atoms with Gasteiger partial charge in [0.15, 0.2) is 5.03 Å². The van der Waals surface area contributed by atoms with E-state index in [0.29, 0.717) is 0 Å². The van der Waals surface area contributed by atoms with Gasteiger partial charge in [0, 0.05) is 17.7 Å². The first kappa shape index (κ1) is 26.4. The zero-order chi connectivity index (χ0) is 25.7. The number of sulfonamides is 1. The van der Waals surface area contributed by atoms with E-state index in [4.69, 9.17) is 9.84 Å². The van der Waals surface area contributed by atoms with Crippen molar-refractivity contribution in [3.63, 3.8) is 0 Å². The van der Waals surface area contributed by atoms with E-state index < -0.39 is 27.4 Å². The zero-order valence-corrected chi connectivity index (χ0v) is 21.5. The van der Waals surface area contributed by atoms with Gasteiger partial charge in [-0.2, -0.15) is 8.42 Å². The lowest BCUT2D eigenvalue weighted by Crippen LogP contribution is -2.17. The Labute approximate surface area is 212 Å². The molecule has 196 valence electrons. The molecule has 4 rings (SSSR count). The molecule has 1 aromatic carbocycles. The molecule has 0 bridgehead atoms. The molecule has 1 aromatic heterocycles. The number of carboxylic acids is 1. The molecule has 2 atom stereocenters. The Morgan fingerprint density at radius 2 is 1.69 bits per heavy atom. The third kappa shape index (κ3) is 6.17. The van der Waals surface area contributed by atoms with E-state index in [2.05, 4.69) is 9.71 Å². The average Bonchev–Trinajstić information content (AvgIpc) is 3.27. The number of halogens is 1. The van der Waals surface area contributed by atoms with Crippen LogP contribution >= 0.6 is 0 Å². The molecule has 9 heteroatoms. The van der Waals surface area contributed by atoms with Crippen LogP contribution in [0.25, 0.3) is 0 Å². The van der Waals surface area contributed by atoms with E-state index in [1.54, 1.807) is 6.07 Å². The van der Waals surface area contributed by atoms with Crippen LogP contribution in [0.2, 0.25) is 0 Å². The molecule has 2 fully saturated rings. The second-order valence-corrected chi connectivity index (χ2v) is 11.7. The summed E-state index contributed by atoms with van der Waals surface area (Å²) in [6.45, 7) is 0. The number of carbonyl (C=O) groups is 1. The van der Waals surface area contributed by atoms with Gasteiger partial charge in [-0.25, -0.2) is 14.2 Å². The average molecular weight is 519 g/mol. The number of rotatable bonds is 7. The summed E-state index contributed by atoms with van der Waals surface area (Å²) < 4.78 is 47.9. The molecule has 0 saturated heterocycles. The number of nitrogens with zero attached hydrogens (tertiary/aromatic N) is 1. The molecule has 36 heavy (non-hydrogen) atoms. The van der Waals surface area contributed by atoms with Crippen molar-refractivity contribution in [2.24, 2.45) is 11.8 Å². The van der Waals surface area contributed by atoms with Crippen molar-refractivity contribution in [1.29, 1.82) is 0 Å². The van der Waals surface area contributed by atoms with E-state index >= 15 is 0 Å². The number of hydrogen-bond donors (Lipinski definition) is 2. The van der Waals surface area contributed by atoms with Crippen molar-refractivity contribution in [3.05, 3.63) is 47.4 Å². The number of carboxylic acid groups (broad SMARTS) is 1. The van der Waals surface area contributed by atoms with Gasteiger partial charge in [-0.05, 0) is 49.3 Å². The smallest absolute Gasteiger partial charge is 0.338 e. The first-order valence-electron chi connectivity index (χ1n) is 12.9. The first-order valence-corrected chi connectivity index (χ1v) is 14.4. The van der Waals surface area contributed by atoms with Gasteiger partial charge >= 0.3 is 5.97 Å². The number of aromatic nitrogens is 1. The Kier molecular flexibility index (Phi) is 8.49. The zero-order valence-electron chi connectivity index (χ0n) is 20.7. The summed E-state index contributed by atoms with van der Waals surface area (Å²) >= 11 is 0. The van der Waals surface area contributed by atoms with Crippen molar-refractivity contribution in [3.8, 4) is 5.75 Å². The number of anilines is 1. The number of hydrogen-bond acceptors (Lipinski definition) is 5. The molecule has 0 spiro atoms. The molecule has 0 radical (unpaired) electrons. The fourth-order valence-corrected chi connectivity index (χ4v) is 6.89. The highest BCUT2D eigenvalue weighted by Crippen LogP contribution is 2.40. The molecule has 7 nitrogen and oxygen atoms in total. The van der Waals surface area contributed by atoms with Crippen LogP contribution in [0.15, 0.2) is 35.4 Å². The molecular formula is C27H35FN2O5S. The number of pyridine rings is 1. The molecule has 1 heterocycles. The van der Waals surface area contributed by atoms with Gasteiger partial charge in [0.25, 0.3) is 10.0 Å². The molecule has 2 N–H and O–H groups in total. The van der Waals surface area contributed by atoms with Crippen LogP contribution in [-0.2, 0) is 10.0 Å². The van der Waals surface area contributed by atoms with E-state index in [1.165, 1.54) is 58.1 Å². The minimum atomic E-state index is -4.15. The normalized spacial score (nSPS) is 21.8. The summed E-state index contributed by atoms with van der Waals surface area (Å²) in [6, 6.07) is 6.75. The SMILES string of the molecule is COc1cc(C(=O)O)c(F)cc1NS(=O)(=O)c1cccc(C2CCCC(C3CCCCCC3)CC2)n1. The van der Waals surface area contributed by atoms with Crippen LogP contribution in [0.1, 0.15) is 92.6 Å². The van der Waals surface area contributed by atoms with Gasteiger partial charge in [0.2, 0.25) is 0 Å². The van der Waals surface area contributed by atoms with E-state index in [1.807, 2.05) is 6.07 Å². The van der Waals surface area contributed by atoms with Crippen molar-refractivity contribution < 1.29 is 27.4 Å². The van der Waals surface area contributed by atoms with Gasteiger partial charge in [-0.15, -0.1) is 0 Å². The quantitative estimate of drug-likeness (QED) is 0.413. The van der Waals surface area contributed by atoms with Gasteiger partial charge in [-0.3, -0.25) is 4.72 Å². The number of benzene rings is 1. The summed E-state index contributed by atoms with van der Waals surface area (Å²) in [5, 5.41) is 8.96. The number of ether oxygens (including phenoxy) is 1. The van der Waals surface area contributed by atoms with Crippen LogP contribution in [0.3, 0.4) is 0 Å². The van der Waals surface area contributed by atoms with Crippen molar-refractivity contribution in [2.75, 3.05) is 11.8 Å². The van der Waals surface area contributed by atoms with Gasteiger partial charge in [0.05, 0.1) is 18.4 Å². The number of nitrogens with one attached hydrogen (secondary N) is 1. The van der Waals surface area contributed by atoms with Crippen LogP contribution in [-0.4, -0.2) is 31.6 Å². The van der Waals surface area contributed by atoms with E-state index in [9.17, 15) is 17.6 Å². The van der Waals surface area contributed by atoms with Crippen molar-refractivity contribution >= 4 is 21.7 Å². The summed E-state index contributed by atoms with van der Waals surface area (Å²) in [6.07, 6.45) is 13.6. The fourth-order valence-electron chi connectivity index (χ4n) is 5.85. The van der Waals surface area contributed by atoms with Gasteiger partial charge < -0.3 is 9.84 Å². The van der Waals surface area contributed by atoms with Crippen molar-refractivity contribution in [2.45, 2.75) is 81.6 Å². The standard InChI is InChI=1S/C27H35FN2O5S/c1-35-25-16-21(27(31)32)22(28)17-24(25)30-36(33,34)26-13-7-12-23(29-26)20-11-6-10-19(14-15-20)18-8-4-2-3-5-9-18/h7,12-13,16-20,30H,2-6,8-11,14-15H2,1H3,(H,31,32). The van der Waals surface area contributed by atoms with Gasteiger partial charge in [-0.1, -0.05) is 57.4 Å². The maximum Gasteiger partial charge on any atom is 0.338 e.